The summed E-state index contributed by atoms with van der Waals surface area (Å²) in [6.07, 6.45) is 4.49. The summed E-state index contributed by atoms with van der Waals surface area (Å²) in [5.41, 5.74) is 1.32. The smallest absolute Gasteiger partial charge is 0.338 e. The third-order valence-electron chi connectivity index (χ3n) is 4.44. The van der Waals surface area contributed by atoms with Gasteiger partial charge < -0.3 is 14.8 Å². The van der Waals surface area contributed by atoms with Gasteiger partial charge in [-0.1, -0.05) is 25.8 Å². The molecule has 1 aromatic carbocycles. The first kappa shape index (κ1) is 17.3. The molecule has 1 amide bonds. The van der Waals surface area contributed by atoms with Gasteiger partial charge in [0.25, 0.3) is 5.91 Å². The van der Waals surface area contributed by atoms with E-state index in [2.05, 4.69) is 12.2 Å². The van der Waals surface area contributed by atoms with E-state index in [-0.39, 0.29) is 18.6 Å². The van der Waals surface area contributed by atoms with Crippen molar-refractivity contribution in [2.45, 2.75) is 45.6 Å². The third kappa shape index (κ3) is 4.71. The Balaban J connectivity index is 1.85. The molecule has 0 aromatic heterocycles. The Hall–Kier alpha value is -2.04. The highest BCUT2D eigenvalue weighted by Crippen LogP contribution is 2.23. The number of nitrogens with one attached hydrogen (secondary N) is 1. The summed E-state index contributed by atoms with van der Waals surface area (Å²) in [4.78, 5) is 24.0. The lowest BCUT2D eigenvalue weighted by Crippen LogP contribution is -2.42. The van der Waals surface area contributed by atoms with Crippen LogP contribution < -0.4 is 10.1 Å². The monoisotopic (exact) mass is 319 g/mol. The largest absolute Gasteiger partial charge is 0.496 e. The molecule has 1 saturated carbocycles. The molecule has 5 heteroatoms. The molecule has 1 aliphatic rings. The van der Waals surface area contributed by atoms with Crippen LogP contribution in [0.15, 0.2) is 18.2 Å². The van der Waals surface area contributed by atoms with E-state index in [1.807, 2.05) is 6.92 Å². The second-order valence-electron chi connectivity index (χ2n) is 6.20. The highest BCUT2D eigenvalue weighted by Gasteiger charge is 2.23. The highest BCUT2D eigenvalue weighted by molar-refractivity contribution is 5.91. The summed E-state index contributed by atoms with van der Waals surface area (Å²) in [5.74, 6) is 0.344. The molecule has 0 heterocycles. The van der Waals surface area contributed by atoms with Crippen molar-refractivity contribution in [3.63, 3.8) is 0 Å². The minimum absolute atomic E-state index is 0.189. The number of methoxy groups -OCH3 is 1. The normalized spacial score (nSPS) is 20.7. The number of hydrogen-bond acceptors (Lipinski definition) is 4. The quantitative estimate of drug-likeness (QED) is 0.848. The van der Waals surface area contributed by atoms with Crippen LogP contribution in [0, 0.1) is 12.8 Å². The molecule has 0 spiro atoms. The molecule has 1 fully saturated rings. The molecule has 1 N–H and O–H groups in total. The second-order valence-corrected chi connectivity index (χ2v) is 6.20. The van der Waals surface area contributed by atoms with Crippen LogP contribution >= 0.6 is 0 Å². The van der Waals surface area contributed by atoms with Crippen molar-refractivity contribution in [3.05, 3.63) is 29.3 Å². The Morgan fingerprint density at radius 3 is 2.70 bits per heavy atom. The summed E-state index contributed by atoms with van der Waals surface area (Å²) >= 11 is 0. The van der Waals surface area contributed by atoms with Crippen molar-refractivity contribution in [2.24, 2.45) is 5.92 Å². The van der Waals surface area contributed by atoms with Gasteiger partial charge in [-0.3, -0.25) is 4.79 Å². The molecule has 126 valence electrons. The predicted octanol–water partition coefficient (Wildman–Crippen LogP) is 2.86. The van der Waals surface area contributed by atoms with Gasteiger partial charge in [0.2, 0.25) is 0 Å². The van der Waals surface area contributed by atoms with Gasteiger partial charge in [-0.25, -0.2) is 4.79 Å². The predicted molar refractivity (Wildman–Crippen MR) is 87.6 cm³/mol. The number of benzene rings is 1. The van der Waals surface area contributed by atoms with E-state index in [9.17, 15) is 9.59 Å². The topological polar surface area (TPSA) is 64.6 Å². The Bertz CT molecular complexity index is 570. The van der Waals surface area contributed by atoms with Crippen LogP contribution in [0.4, 0.5) is 0 Å². The average Bonchev–Trinajstić information content (AvgIpc) is 2.55. The standard InChI is InChI=1S/C18H25NO4/c1-12-6-4-5-7-15(12)19-17(20)11-23-18(21)14-9-8-13(2)16(10-14)22-3/h8-10,12,15H,4-7,11H2,1-3H3,(H,19,20)/t12-,15+/m1/s1. The average molecular weight is 319 g/mol. The molecule has 0 saturated heterocycles. The number of esters is 1. The molecule has 23 heavy (non-hydrogen) atoms. The SMILES string of the molecule is COc1cc(C(=O)OCC(=O)N[C@H]2CCCC[C@H]2C)ccc1C. The zero-order chi connectivity index (χ0) is 16.8. The van der Waals surface area contributed by atoms with E-state index < -0.39 is 5.97 Å². The van der Waals surface area contributed by atoms with Crippen molar-refractivity contribution in [1.82, 2.24) is 5.32 Å². The van der Waals surface area contributed by atoms with Crippen LogP contribution in [0.3, 0.4) is 0 Å². The van der Waals surface area contributed by atoms with Crippen LogP contribution in [-0.2, 0) is 9.53 Å². The van der Waals surface area contributed by atoms with Gasteiger partial charge in [-0.2, -0.15) is 0 Å². The first-order valence-electron chi connectivity index (χ1n) is 8.12. The van der Waals surface area contributed by atoms with Crippen LogP contribution in [0.5, 0.6) is 5.75 Å². The highest BCUT2D eigenvalue weighted by atomic mass is 16.5. The van der Waals surface area contributed by atoms with Crippen molar-refractivity contribution >= 4 is 11.9 Å². The minimum Gasteiger partial charge on any atom is -0.496 e. The second kappa shape index (κ2) is 7.99. The number of hydrogen-bond donors (Lipinski definition) is 1. The Labute approximate surface area is 137 Å². The van der Waals surface area contributed by atoms with Crippen molar-refractivity contribution in [3.8, 4) is 5.75 Å². The molecule has 0 aliphatic heterocycles. The fraction of sp³-hybridized carbons (Fsp3) is 0.556. The Morgan fingerprint density at radius 2 is 2.00 bits per heavy atom. The van der Waals surface area contributed by atoms with Crippen LogP contribution in [0.1, 0.15) is 48.5 Å². The molecule has 0 radical (unpaired) electrons. The number of carbonyl (C=O) groups is 2. The van der Waals surface area contributed by atoms with Gasteiger partial charge in [-0.15, -0.1) is 0 Å². The van der Waals surface area contributed by atoms with Crippen molar-refractivity contribution < 1.29 is 19.1 Å². The van der Waals surface area contributed by atoms with Gasteiger partial charge >= 0.3 is 5.97 Å². The van der Waals surface area contributed by atoms with E-state index in [0.29, 0.717) is 17.2 Å². The Kier molecular flexibility index (Phi) is 6.02. The number of amides is 1. The maximum Gasteiger partial charge on any atom is 0.338 e. The molecule has 1 aromatic rings. The number of rotatable bonds is 5. The summed E-state index contributed by atoms with van der Waals surface area (Å²) in [7, 11) is 1.55. The minimum atomic E-state index is -0.518. The maximum atomic E-state index is 12.0. The van der Waals surface area contributed by atoms with Gasteiger partial charge in [0.05, 0.1) is 12.7 Å². The zero-order valence-electron chi connectivity index (χ0n) is 14.1. The number of carbonyl (C=O) groups excluding carboxylic acids is 2. The first-order chi connectivity index (χ1) is 11.0. The van der Waals surface area contributed by atoms with Crippen molar-refractivity contribution in [2.75, 3.05) is 13.7 Å². The number of aryl methyl sites for hydroxylation is 1. The van der Waals surface area contributed by atoms with E-state index >= 15 is 0 Å². The third-order valence-corrected chi connectivity index (χ3v) is 4.44. The molecular weight excluding hydrogens is 294 g/mol. The van der Waals surface area contributed by atoms with E-state index in [4.69, 9.17) is 9.47 Å². The lowest BCUT2D eigenvalue weighted by atomic mass is 9.86. The van der Waals surface area contributed by atoms with E-state index in [1.54, 1.807) is 25.3 Å². The fourth-order valence-electron chi connectivity index (χ4n) is 2.94. The fourth-order valence-corrected chi connectivity index (χ4v) is 2.94. The van der Waals surface area contributed by atoms with Crippen molar-refractivity contribution in [1.29, 1.82) is 0 Å². The molecule has 2 atom stereocenters. The van der Waals surface area contributed by atoms with Gasteiger partial charge in [0.1, 0.15) is 5.75 Å². The Morgan fingerprint density at radius 1 is 1.26 bits per heavy atom. The van der Waals surface area contributed by atoms with E-state index in [0.717, 1.165) is 24.8 Å². The van der Waals surface area contributed by atoms with Gasteiger partial charge in [-0.05, 0) is 43.4 Å². The molecule has 0 bridgehead atoms. The van der Waals surface area contributed by atoms with Crippen LogP contribution in [0.2, 0.25) is 0 Å². The molecule has 5 nitrogen and oxygen atoms in total. The summed E-state index contributed by atoms with van der Waals surface area (Å²) < 4.78 is 10.3. The van der Waals surface area contributed by atoms with Crippen LogP contribution in [-0.4, -0.2) is 31.6 Å². The lowest BCUT2D eigenvalue weighted by molar-refractivity contribution is -0.125. The molecular formula is C18H25NO4. The number of ether oxygens (including phenoxy) is 2. The summed E-state index contributed by atoms with van der Waals surface area (Å²) in [5, 5.41) is 2.97. The zero-order valence-corrected chi connectivity index (χ0v) is 14.1. The lowest BCUT2D eigenvalue weighted by Gasteiger charge is -2.29. The molecule has 1 aliphatic carbocycles. The summed E-state index contributed by atoms with van der Waals surface area (Å²) in [6.45, 7) is 3.79. The van der Waals surface area contributed by atoms with Gasteiger partial charge in [0.15, 0.2) is 6.61 Å². The van der Waals surface area contributed by atoms with E-state index in [1.165, 1.54) is 6.42 Å². The first-order valence-corrected chi connectivity index (χ1v) is 8.12. The summed E-state index contributed by atoms with van der Waals surface area (Å²) in [6, 6.07) is 5.27. The molecule has 2 rings (SSSR count). The van der Waals surface area contributed by atoms with Gasteiger partial charge in [0, 0.05) is 6.04 Å². The van der Waals surface area contributed by atoms with Crippen LogP contribution in [0.25, 0.3) is 0 Å². The maximum absolute atomic E-state index is 12.0. The molecule has 0 unspecified atom stereocenters.